The summed E-state index contributed by atoms with van der Waals surface area (Å²) in [5.41, 5.74) is 0.618. The molecule has 2 nitrogen and oxygen atoms in total. The van der Waals surface area contributed by atoms with E-state index >= 15 is 0 Å². The van der Waals surface area contributed by atoms with Gasteiger partial charge in [-0.15, -0.1) is 11.8 Å². The number of carbonyl (C=O) groups is 1. The van der Waals surface area contributed by atoms with Crippen molar-refractivity contribution in [2.24, 2.45) is 0 Å². The Balaban J connectivity index is 2.01. The second-order valence-corrected chi connectivity index (χ2v) is 5.92. The first-order valence-electron chi connectivity index (χ1n) is 5.85. The number of hydrogen-bond donors (Lipinski definition) is 0. The lowest BCUT2D eigenvalue weighted by atomic mass is 10.1. The summed E-state index contributed by atoms with van der Waals surface area (Å²) in [5.74, 6) is 0.736. The van der Waals surface area contributed by atoms with Crippen molar-refractivity contribution in [3.63, 3.8) is 0 Å². The minimum absolute atomic E-state index is 0.0164. The summed E-state index contributed by atoms with van der Waals surface area (Å²) < 4.78 is 18.6. The fourth-order valence-electron chi connectivity index (χ4n) is 1.60. The summed E-state index contributed by atoms with van der Waals surface area (Å²) >= 11 is 4.74. The van der Waals surface area contributed by atoms with Gasteiger partial charge < -0.3 is 4.74 Å². The third-order valence-corrected chi connectivity index (χ3v) is 4.29. The van der Waals surface area contributed by atoms with Gasteiger partial charge in [-0.3, -0.25) is 4.79 Å². The Hall–Kier alpha value is -1.33. The Morgan fingerprint density at radius 1 is 1.25 bits per heavy atom. The smallest absolute Gasteiger partial charge is 0.173 e. The van der Waals surface area contributed by atoms with E-state index in [2.05, 4.69) is 15.9 Å². The quantitative estimate of drug-likeness (QED) is 0.581. The Morgan fingerprint density at radius 3 is 2.55 bits per heavy atom. The van der Waals surface area contributed by atoms with Crippen molar-refractivity contribution in [3.8, 4) is 5.75 Å². The lowest BCUT2D eigenvalue weighted by molar-refractivity contribution is 0.102. The topological polar surface area (TPSA) is 26.3 Å². The van der Waals surface area contributed by atoms with Gasteiger partial charge in [0.15, 0.2) is 5.78 Å². The molecule has 0 amide bonds. The van der Waals surface area contributed by atoms with Gasteiger partial charge in [-0.05, 0) is 58.4 Å². The standard InChI is InChI=1S/C15H12BrFO2S/c1-19-15-7-2-10(8-13(15)16)14(18)9-20-12-5-3-11(17)4-6-12/h2-8H,9H2,1H3. The first-order valence-corrected chi connectivity index (χ1v) is 7.63. The highest BCUT2D eigenvalue weighted by Crippen LogP contribution is 2.27. The van der Waals surface area contributed by atoms with E-state index < -0.39 is 0 Å². The monoisotopic (exact) mass is 354 g/mol. The van der Waals surface area contributed by atoms with Crippen molar-refractivity contribution in [3.05, 3.63) is 58.3 Å². The zero-order valence-corrected chi connectivity index (χ0v) is 13.1. The van der Waals surface area contributed by atoms with Crippen molar-refractivity contribution >= 4 is 33.5 Å². The number of thioether (sulfide) groups is 1. The molecule has 5 heteroatoms. The number of carbonyl (C=O) groups excluding carboxylic acids is 1. The minimum atomic E-state index is -0.278. The number of Topliss-reactive ketones (excluding diaryl/α,β-unsaturated/α-hetero) is 1. The lowest BCUT2D eigenvalue weighted by Gasteiger charge is -2.06. The van der Waals surface area contributed by atoms with Crippen molar-refractivity contribution in [1.29, 1.82) is 0 Å². The SMILES string of the molecule is COc1ccc(C(=O)CSc2ccc(F)cc2)cc1Br. The molecule has 0 aliphatic rings. The molecule has 0 aliphatic carbocycles. The largest absolute Gasteiger partial charge is 0.496 e. The maximum absolute atomic E-state index is 12.8. The summed E-state index contributed by atoms with van der Waals surface area (Å²) in [5, 5.41) is 0. The Morgan fingerprint density at radius 2 is 1.95 bits per heavy atom. The summed E-state index contributed by atoms with van der Waals surface area (Å²) in [6.45, 7) is 0. The molecular weight excluding hydrogens is 343 g/mol. The summed E-state index contributed by atoms with van der Waals surface area (Å²) in [7, 11) is 1.58. The predicted molar refractivity (Wildman–Crippen MR) is 82.1 cm³/mol. The van der Waals surface area contributed by atoms with E-state index in [-0.39, 0.29) is 11.6 Å². The molecule has 104 valence electrons. The van der Waals surface area contributed by atoms with Gasteiger partial charge in [0.25, 0.3) is 0 Å². The molecule has 0 saturated carbocycles. The van der Waals surface area contributed by atoms with Gasteiger partial charge in [0.1, 0.15) is 11.6 Å². The van der Waals surface area contributed by atoms with Gasteiger partial charge in [-0.2, -0.15) is 0 Å². The van der Waals surface area contributed by atoms with Crippen molar-refractivity contribution in [1.82, 2.24) is 0 Å². The van der Waals surface area contributed by atoms with Crippen LogP contribution >= 0.6 is 27.7 Å². The lowest BCUT2D eigenvalue weighted by Crippen LogP contribution is -2.02. The molecule has 0 atom stereocenters. The summed E-state index contributed by atoms with van der Waals surface area (Å²) in [6.07, 6.45) is 0. The molecule has 0 unspecified atom stereocenters. The van der Waals surface area contributed by atoms with E-state index in [1.807, 2.05) is 0 Å². The van der Waals surface area contributed by atoms with Crippen LogP contribution in [-0.4, -0.2) is 18.6 Å². The van der Waals surface area contributed by atoms with Gasteiger partial charge in [-0.1, -0.05) is 0 Å². The van der Waals surface area contributed by atoms with E-state index in [0.717, 1.165) is 9.37 Å². The van der Waals surface area contributed by atoms with E-state index in [1.165, 1.54) is 23.9 Å². The highest BCUT2D eigenvalue weighted by atomic mass is 79.9. The number of methoxy groups -OCH3 is 1. The second kappa shape index (κ2) is 6.90. The number of rotatable bonds is 5. The highest BCUT2D eigenvalue weighted by Gasteiger charge is 2.09. The van der Waals surface area contributed by atoms with Crippen LogP contribution in [0.1, 0.15) is 10.4 Å². The molecule has 20 heavy (non-hydrogen) atoms. The zero-order valence-electron chi connectivity index (χ0n) is 10.7. The zero-order chi connectivity index (χ0) is 14.5. The molecule has 0 aliphatic heterocycles. The van der Waals surface area contributed by atoms with Crippen LogP contribution in [0.2, 0.25) is 0 Å². The maximum Gasteiger partial charge on any atom is 0.173 e. The summed E-state index contributed by atoms with van der Waals surface area (Å²) in [4.78, 5) is 12.9. The van der Waals surface area contributed by atoms with Gasteiger partial charge in [0, 0.05) is 10.5 Å². The first-order chi connectivity index (χ1) is 9.60. The second-order valence-electron chi connectivity index (χ2n) is 4.02. The number of ketones is 1. The Bertz CT molecular complexity index is 614. The van der Waals surface area contributed by atoms with Crippen LogP contribution in [0.3, 0.4) is 0 Å². The predicted octanol–water partition coefficient (Wildman–Crippen LogP) is 4.57. The van der Waals surface area contributed by atoms with Crippen LogP contribution in [0.5, 0.6) is 5.75 Å². The molecule has 0 saturated heterocycles. The molecule has 0 radical (unpaired) electrons. The number of halogens is 2. The Kier molecular flexibility index (Phi) is 5.20. The molecule has 2 aromatic rings. The van der Waals surface area contributed by atoms with Crippen molar-refractivity contribution < 1.29 is 13.9 Å². The number of benzene rings is 2. The molecule has 0 aromatic heterocycles. The van der Waals surface area contributed by atoms with Crippen LogP contribution in [0.15, 0.2) is 51.8 Å². The van der Waals surface area contributed by atoms with Crippen LogP contribution in [0.25, 0.3) is 0 Å². The average molecular weight is 355 g/mol. The molecule has 0 fully saturated rings. The molecule has 2 rings (SSSR count). The number of hydrogen-bond acceptors (Lipinski definition) is 3. The van der Waals surface area contributed by atoms with Gasteiger partial charge in [0.2, 0.25) is 0 Å². The fourth-order valence-corrected chi connectivity index (χ4v) is 2.94. The minimum Gasteiger partial charge on any atom is -0.496 e. The van der Waals surface area contributed by atoms with Crippen LogP contribution in [-0.2, 0) is 0 Å². The maximum atomic E-state index is 12.8. The third kappa shape index (κ3) is 3.84. The fraction of sp³-hybridized carbons (Fsp3) is 0.133. The average Bonchev–Trinajstić information content (AvgIpc) is 2.46. The van der Waals surface area contributed by atoms with Gasteiger partial charge in [-0.25, -0.2) is 4.39 Å². The van der Waals surface area contributed by atoms with Crippen molar-refractivity contribution in [2.45, 2.75) is 4.90 Å². The number of ether oxygens (including phenoxy) is 1. The first kappa shape index (κ1) is 15.1. The van der Waals surface area contributed by atoms with Crippen molar-refractivity contribution in [2.75, 3.05) is 12.9 Å². The third-order valence-electron chi connectivity index (χ3n) is 2.66. The molecule has 0 N–H and O–H groups in total. The summed E-state index contributed by atoms with van der Waals surface area (Å²) in [6, 6.07) is 11.3. The van der Waals surface area contributed by atoms with Gasteiger partial charge in [0.05, 0.1) is 17.3 Å². The Labute approximate surface area is 129 Å². The van der Waals surface area contributed by atoms with E-state index in [4.69, 9.17) is 4.74 Å². The van der Waals surface area contributed by atoms with E-state index in [0.29, 0.717) is 17.1 Å². The van der Waals surface area contributed by atoms with Crippen LogP contribution in [0, 0.1) is 5.82 Å². The molecule has 0 heterocycles. The molecule has 2 aromatic carbocycles. The molecular formula is C15H12BrFO2S. The van der Waals surface area contributed by atoms with E-state index in [1.54, 1.807) is 37.4 Å². The van der Waals surface area contributed by atoms with Crippen LogP contribution in [0.4, 0.5) is 4.39 Å². The molecule has 0 spiro atoms. The highest BCUT2D eigenvalue weighted by molar-refractivity contribution is 9.10. The normalized spacial score (nSPS) is 10.3. The van der Waals surface area contributed by atoms with E-state index in [9.17, 15) is 9.18 Å². The van der Waals surface area contributed by atoms with Crippen LogP contribution < -0.4 is 4.74 Å². The molecule has 0 bridgehead atoms. The van der Waals surface area contributed by atoms with Gasteiger partial charge >= 0.3 is 0 Å².